The molecular formula is C23H29FN6O3. The molecule has 4 rings (SSSR count). The number of fused-ring (bicyclic) bond motifs is 1. The van der Waals surface area contributed by atoms with Gasteiger partial charge in [0.15, 0.2) is 11.2 Å². The van der Waals surface area contributed by atoms with Crippen molar-refractivity contribution in [2.75, 3.05) is 13.1 Å². The van der Waals surface area contributed by atoms with Gasteiger partial charge in [-0.2, -0.15) is 0 Å². The summed E-state index contributed by atoms with van der Waals surface area (Å²) >= 11 is 0. The lowest BCUT2D eigenvalue weighted by Crippen LogP contribution is -2.44. The number of hydrogen-bond donors (Lipinski definition) is 1. The number of amides is 1. The number of imidazole rings is 1. The number of aromatic nitrogens is 4. The SMILES string of the molecule is Cn1c(=O)c2c(ncn2CCCC(=O)NC2CCN(Cc3ccc(F)cc3)CC2)n(C)c1=O. The number of nitrogens with one attached hydrogen (secondary N) is 1. The number of benzene rings is 1. The van der Waals surface area contributed by atoms with Gasteiger partial charge < -0.3 is 9.88 Å². The highest BCUT2D eigenvalue weighted by Gasteiger charge is 2.21. The first-order valence-electron chi connectivity index (χ1n) is 11.2. The molecule has 1 fully saturated rings. The molecule has 0 saturated carbocycles. The Morgan fingerprint density at radius 3 is 2.52 bits per heavy atom. The van der Waals surface area contributed by atoms with Crippen LogP contribution >= 0.6 is 0 Å². The smallest absolute Gasteiger partial charge is 0.332 e. The van der Waals surface area contributed by atoms with Gasteiger partial charge in [-0.1, -0.05) is 12.1 Å². The number of likely N-dealkylation sites (tertiary alicyclic amines) is 1. The van der Waals surface area contributed by atoms with Crippen molar-refractivity contribution in [1.29, 1.82) is 0 Å². The highest BCUT2D eigenvalue weighted by atomic mass is 19.1. The fourth-order valence-electron chi connectivity index (χ4n) is 4.36. The number of halogens is 1. The molecule has 1 aromatic carbocycles. The maximum absolute atomic E-state index is 13.1. The highest BCUT2D eigenvalue weighted by Crippen LogP contribution is 2.15. The first-order valence-corrected chi connectivity index (χ1v) is 11.2. The first-order chi connectivity index (χ1) is 15.8. The number of piperidine rings is 1. The maximum atomic E-state index is 13.1. The second-order valence-corrected chi connectivity index (χ2v) is 8.66. The van der Waals surface area contributed by atoms with E-state index in [9.17, 15) is 18.8 Å². The van der Waals surface area contributed by atoms with Crippen molar-refractivity contribution >= 4 is 17.1 Å². The summed E-state index contributed by atoms with van der Waals surface area (Å²) in [7, 11) is 3.03. The fraction of sp³-hybridized carbons (Fsp3) is 0.478. The molecule has 1 amide bonds. The van der Waals surface area contributed by atoms with Crippen LogP contribution in [0.1, 0.15) is 31.2 Å². The minimum atomic E-state index is -0.416. The molecule has 1 aliphatic heterocycles. The zero-order valence-corrected chi connectivity index (χ0v) is 19.0. The Bertz CT molecular complexity index is 1250. The molecule has 3 aromatic rings. The zero-order valence-electron chi connectivity index (χ0n) is 19.0. The summed E-state index contributed by atoms with van der Waals surface area (Å²) in [5, 5.41) is 3.11. The predicted molar refractivity (Wildman–Crippen MR) is 122 cm³/mol. The van der Waals surface area contributed by atoms with Crippen LogP contribution in [-0.4, -0.2) is 48.6 Å². The van der Waals surface area contributed by atoms with Crippen LogP contribution < -0.4 is 16.6 Å². The fourth-order valence-corrected chi connectivity index (χ4v) is 4.36. The third-order valence-corrected chi connectivity index (χ3v) is 6.29. The van der Waals surface area contributed by atoms with Crippen molar-refractivity contribution in [2.24, 2.45) is 14.1 Å². The van der Waals surface area contributed by atoms with Gasteiger partial charge >= 0.3 is 5.69 Å². The second kappa shape index (κ2) is 9.70. The quantitative estimate of drug-likeness (QED) is 0.575. The van der Waals surface area contributed by atoms with Gasteiger partial charge in [-0.3, -0.25) is 23.6 Å². The molecule has 10 heteroatoms. The van der Waals surface area contributed by atoms with Crippen molar-refractivity contribution in [3.8, 4) is 0 Å². The Kier molecular flexibility index (Phi) is 6.73. The number of rotatable bonds is 7. The molecule has 3 heterocycles. The van der Waals surface area contributed by atoms with Crippen LogP contribution in [0, 0.1) is 5.82 Å². The van der Waals surface area contributed by atoms with Gasteiger partial charge in [-0.05, 0) is 37.0 Å². The van der Waals surface area contributed by atoms with E-state index in [1.807, 2.05) is 12.1 Å². The van der Waals surface area contributed by atoms with Crippen LogP contribution in [0.5, 0.6) is 0 Å². The van der Waals surface area contributed by atoms with Crippen LogP contribution in [0.3, 0.4) is 0 Å². The van der Waals surface area contributed by atoms with Gasteiger partial charge in [0.05, 0.1) is 6.33 Å². The lowest BCUT2D eigenvalue weighted by Gasteiger charge is -2.32. The van der Waals surface area contributed by atoms with E-state index in [1.54, 1.807) is 17.9 Å². The minimum Gasteiger partial charge on any atom is -0.353 e. The van der Waals surface area contributed by atoms with Crippen LogP contribution in [0.15, 0.2) is 40.2 Å². The van der Waals surface area contributed by atoms with E-state index in [4.69, 9.17) is 0 Å². The van der Waals surface area contributed by atoms with Gasteiger partial charge in [-0.15, -0.1) is 0 Å². The molecule has 0 aliphatic carbocycles. The molecule has 1 saturated heterocycles. The molecule has 0 radical (unpaired) electrons. The third-order valence-electron chi connectivity index (χ3n) is 6.29. The van der Waals surface area contributed by atoms with E-state index in [1.165, 1.54) is 23.7 Å². The van der Waals surface area contributed by atoms with E-state index in [0.29, 0.717) is 30.6 Å². The summed E-state index contributed by atoms with van der Waals surface area (Å²) in [4.78, 5) is 43.5. The Labute approximate surface area is 190 Å². The van der Waals surface area contributed by atoms with Crippen molar-refractivity contribution in [3.05, 3.63) is 62.8 Å². The molecule has 0 unspecified atom stereocenters. The lowest BCUT2D eigenvalue weighted by atomic mass is 10.0. The Morgan fingerprint density at radius 2 is 1.82 bits per heavy atom. The maximum Gasteiger partial charge on any atom is 0.332 e. The van der Waals surface area contributed by atoms with E-state index < -0.39 is 5.69 Å². The lowest BCUT2D eigenvalue weighted by molar-refractivity contribution is -0.122. The van der Waals surface area contributed by atoms with E-state index in [0.717, 1.165) is 42.6 Å². The summed E-state index contributed by atoms with van der Waals surface area (Å²) in [5.74, 6) is -0.230. The number of carbonyl (C=O) groups excluding carboxylic acids is 1. The van der Waals surface area contributed by atoms with Gasteiger partial charge in [0.2, 0.25) is 5.91 Å². The average molecular weight is 457 g/mol. The predicted octanol–water partition coefficient (Wildman–Crippen LogP) is 1.13. The third kappa shape index (κ3) is 5.05. The van der Waals surface area contributed by atoms with Crippen LogP contribution in [0.4, 0.5) is 4.39 Å². The van der Waals surface area contributed by atoms with Gasteiger partial charge in [0, 0.05) is 52.7 Å². The summed E-state index contributed by atoms with van der Waals surface area (Å²) in [6, 6.07) is 6.73. The summed E-state index contributed by atoms with van der Waals surface area (Å²) < 4.78 is 17.2. The molecule has 1 N–H and O–H groups in total. The van der Waals surface area contributed by atoms with Crippen molar-refractivity contribution < 1.29 is 9.18 Å². The normalized spacial score (nSPS) is 15.2. The van der Waals surface area contributed by atoms with Crippen LogP contribution in [0.25, 0.3) is 11.2 Å². The Balaban J connectivity index is 1.24. The summed E-state index contributed by atoms with van der Waals surface area (Å²) in [6.45, 7) is 3.01. The molecule has 176 valence electrons. The molecular weight excluding hydrogens is 427 g/mol. The second-order valence-electron chi connectivity index (χ2n) is 8.66. The van der Waals surface area contributed by atoms with E-state index in [-0.39, 0.29) is 23.3 Å². The van der Waals surface area contributed by atoms with Gasteiger partial charge in [0.25, 0.3) is 5.56 Å². The largest absolute Gasteiger partial charge is 0.353 e. The average Bonchev–Trinajstić information content (AvgIpc) is 3.23. The van der Waals surface area contributed by atoms with Gasteiger partial charge in [-0.25, -0.2) is 14.2 Å². The van der Waals surface area contributed by atoms with E-state index >= 15 is 0 Å². The van der Waals surface area contributed by atoms with Gasteiger partial charge in [0.1, 0.15) is 5.82 Å². The first kappa shape index (κ1) is 22.9. The standard InChI is InChI=1S/C23H29FN6O3/c1-27-21-20(22(32)28(2)23(27)33)30(15-25-21)11-3-4-19(31)26-18-9-12-29(13-10-18)14-16-5-7-17(24)8-6-16/h5-8,15,18H,3-4,9-14H2,1-2H3,(H,26,31). The molecule has 2 aromatic heterocycles. The Morgan fingerprint density at radius 1 is 1.12 bits per heavy atom. The summed E-state index contributed by atoms with van der Waals surface area (Å²) in [6.07, 6.45) is 4.21. The topological polar surface area (TPSA) is 94.2 Å². The zero-order chi connectivity index (χ0) is 23.5. The Hall–Kier alpha value is -3.27. The van der Waals surface area contributed by atoms with Crippen LogP contribution in [0.2, 0.25) is 0 Å². The monoisotopic (exact) mass is 456 g/mol. The number of nitrogens with zero attached hydrogens (tertiary/aromatic N) is 5. The minimum absolute atomic E-state index is 0.00305. The number of carbonyl (C=O) groups is 1. The van der Waals surface area contributed by atoms with Crippen molar-refractivity contribution in [3.63, 3.8) is 0 Å². The van der Waals surface area contributed by atoms with E-state index in [2.05, 4.69) is 15.2 Å². The van der Waals surface area contributed by atoms with Crippen LogP contribution in [-0.2, 0) is 32.0 Å². The molecule has 0 bridgehead atoms. The summed E-state index contributed by atoms with van der Waals surface area (Å²) in [5.41, 5.74) is 0.998. The number of hydrogen-bond acceptors (Lipinski definition) is 5. The molecule has 33 heavy (non-hydrogen) atoms. The number of aryl methyl sites for hydroxylation is 2. The molecule has 9 nitrogen and oxygen atoms in total. The van der Waals surface area contributed by atoms with Crippen molar-refractivity contribution in [2.45, 2.75) is 44.8 Å². The highest BCUT2D eigenvalue weighted by molar-refractivity contribution is 5.76. The van der Waals surface area contributed by atoms with Crippen molar-refractivity contribution in [1.82, 2.24) is 28.9 Å². The molecule has 0 spiro atoms. The molecule has 1 aliphatic rings. The molecule has 0 atom stereocenters.